The third-order valence-electron chi connectivity index (χ3n) is 4.41. The minimum Gasteiger partial charge on any atom is -0.497 e. The molecule has 3 rings (SSSR count). The van der Waals surface area contributed by atoms with Crippen molar-refractivity contribution >= 4 is 17.2 Å². The molecule has 1 atom stereocenters. The number of rotatable bonds is 7. The van der Waals surface area contributed by atoms with Crippen LogP contribution in [-0.4, -0.2) is 22.8 Å². The van der Waals surface area contributed by atoms with Crippen LogP contribution in [0.15, 0.2) is 41.9 Å². The van der Waals surface area contributed by atoms with Gasteiger partial charge in [0.15, 0.2) is 0 Å². The monoisotopic (exact) mass is 385 g/mol. The molecule has 3 aromatic rings. The van der Waals surface area contributed by atoms with Crippen molar-refractivity contribution in [1.82, 2.24) is 15.1 Å². The first-order chi connectivity index (χ1) is 13.0. The van der Waals surface area contributed by atoms with E-state index in [4.69, 9.17) is 9.47 Å². The lowest BCUT2D eigenvalue weighted by Gasteiger charge is -2.13. The second kappa shape index (κ2) is 8.26. The Hall–Kier alpha value is -2.80. The first-order valence-corrected chi connectivity index (χ1v) is 9.49. The third-order valence-corrected chi connectivity index (χ3v) is 5.39. The minimum atomic E-state index is -0.107. The van der Waals surface area contributed by atoms with Crippen molar-refractivity contribution in [2.75, 3.05) is 7.11 Å². The fraction of sp³-hybridized carbons (Fsp3) is 0.300. The van der Waals surface area contributed by atoms with Crippen LogP contribution >= 0.6 is 11.3 Å². The molecule has 7 heteroatoms. The van der Waals surface area contributed by atoms with Crippen molar-refractivity contribution in [2.45, 2.75) is 26.5 Å². The van der Waals surface area contributed by atoms with Crippen LogP contribution in [0, 0.1) is 6.92 Å². The predicted molar refractivity (Wildman–Crippen MR) is 105 cm³/mol. The highest BCUT2D eigenvalue weighted by Crippen LogP contribution is 2.22. The minimum absolute atomic E-state index is 0.0941. The second-order valence-electron chi connectivity index (χ2n) is 6.29. The number of benzene rings is 1. The molecule has 1 unspecified atom stereocenters. The lowest BCUT2D eigenvalue weighted by atomic mass is 10.1. The predicted octanol–water partition coefficient (Wildman–Crippen LogP) is 3.87. The van der Waals surface area contributed by atoms with Crippen molar-refractivity contribution in [1.29, 1.82) is 0 Å². The molecule has 0 aliphatic carbocycles. The Morgan fingerprint density at radius 2 is 2.11 bits per heavy atom. The Kier molecular flexibility index (Phi) is 5.81. The first kappa shape index (κ1) is 19.0. The van der Waals surface area contributed by atoms with Gasteiger partial charge in [-0.1, -0.05) is 6.07 Å². The van der Waals surface area contributed by atoms with Crippen LogP contribution in [0.2, 0.25) is 0 Å². The van der Waals surface area contributed by atoms with Gasteiger partial charge in [0.1, 0.15) is 18.1 Å². The third kappa shape index (κ3) is 4.49. The van der Waals surface area contributed by atoms with Crippen LogP contribution < -0.4 is 14.8 Å². The first-order valence-electron chi connectivity index (χ1n) is 8.61. The number of ether oxygens (including phenoxy) is 2. The number of hydrogen-bond donors (Lipinski definition) is 1. The smallest absolute Gasteiger partial charge is 0.261 e. The average molecular weight is 385 g/mol. The maximum absolute atomic E-state index is 12.5. The Bertz CT molecular complexity index is 932. The number of methoxy groups -OCH3 is 1. The van der Waals surface area contributed by atoms with Gasteiger partial charge in [-0.3, -0.25) is 9.48 Å². The van der Waals surface area contributed by atoms with Gasteiger partial charge in [0.2, 0.25) is 0 Å². The van der Waals surface area contributed by atoms with Gasteiger partial charge in [-0.2, -0.15) is 5.10 Å². The summed E-state index contributed by atoms with van der Waals surface area (Å²) in [4.78, 5) is 13.2. The van der Waals surface area contributed by atoms with Crippen molar-refractivity contribution in [3.63, 3.8) is 0 Å². The molecule has 0 spiro atoms. The topological polar surface area (TPSA) is 65.4 Å². The normalized spacial score (nSPS) is 11.9. The zero-order valence-corrected chi connectivity index (χ0v) is 16.7. The Morgan fingerprint density at radius 3 is 2.81 bits per heavy atom. The molecule has 1 aromatic carbocycles. The van der Waals surface area contributed by atoms with E-state index in [1.165, 1.54) is 11.3 Å². The summed E-state index contributed by atoms with van der Waals surface area (Å²) in [6, 6.07) is 9.21. The van der Waals surface area contributed by atoms with Crippen LogP contribution in [0.3, 0.4) is 0 Å². The van der Waals surface area contributed by atoms with Gasteiger partial charge in [-0.15, -0.1) is 11.3 Å². The summed E-state index contributed by atoms with van der Waals surface area (Å²) in [6.45, 7) is 4.35. The summed E-state index contributed by atoms with van der Waals surface area (Å²) in [5.74, 6) is 1.38. The quantitative estimate of drug-likeness (QED) is 0.671. The molecule has 0 saturated carbocycles. The van der Waals surface area contributed by atoms with Crippen molar-refractivity contribution in [3.05, 3.63) is 63.6 Å². The summed E-state index contributed by atoms with van der Waals surface area (Å²) >= 11 is 1.41. The molecule has 2 aromatic heterocycles. The second-order valence-corrected chi connectivity index (χ2v) is 7.20. The van der Waals surface area contributed by atoms with Crippen LogP contribution in [0.25, 0.3) is 0 Å². The van der Waals surface area contributed by atoms with Gasteiger partial charge in [0.25, 0.3) is 5.91 Å². The highest BCUT2D eigenvalue weighted by molar-refractivity contribution is 7.12. The van der Waals surface area contributed by atoms with Crippen LogP contribution in [0.5, 0.6) is 11.5 Å². The Morgan fingerprint density at radius 1 is 1.33 bits per heavy atom. The molecule has 0 radical (unpaired) electrons. The summed E-state index contributed by atoms with van der Waals surface area (Å²) in [5, 5.41) is 9.20. The standard InChI is InChI=1S/C20H23N3O3S/c1-13(18-10-21-23(3)14(18)2)22-20(24)19-8-15(12-27-19)11-26-17-7-5-6-16(9-17)25-4/h5-10,12-13H,11H2,1-4H3,(H,22,24). The van der Waals surface area contributed by atoms with E-state index in [0.717, 1.165) is 28.3 Å². The highest BCUT2D eigenvalue weighted by Gasteiger charge is 2.17. The molecule has 1 N–H and O–H groups in total. The SMILES string of the molecule is COc1cccc(OCc2csc(C(=O)NC(C)c3cnn(C)c3C)c2)c1. The van der Waals surface area contributed by atoms with Gasteiger partial charge in [0.05, 0.1) is 24.2 Å². The van der Waals surface area contributed by atoms with E-state index in [2.05, 4.69) is 10.4 Å². The van der Waals surface area contributed by atoms with Crippen LogP contribution in [0.4, 0.5) is 0 Å². The molecule has 0 bridgehead atoms. The summed E-state index contributed by atoms with van der Waals surface area (Å²) < 4.78 is 12.8. The van der Waals surface area contributed by atoms with Gasteiger partial charge >= 0.3 is 0 Å². The van der Waals surface area contributed by atoms with E-state index >= 15 is 0 Å². The van der Waals surface area contributed by atoms with Gasteiger partial charge in [0, 0.05) is 29.9 Å². The molecule has 0 aliphatic heterocycles. The van der Waals surface area contributed by atoms with Gasteiger partial charge in [-0.05, 0) is 37.4 Å². The lowest BCUT2D eigenvalue weighted by molar-refractivity contribution is 0.0944. The fourth-order valence-electron chi connectivity index (χ4n) is 2.71. The average Bonchev–Trinajstić information content (AvgIpc) is 3.27. The summed E-state index contributed by atoms with van der Waals surface area (Å²) in [7, 11) is 3.51. The van der Waals surface area contributed by atoms with Gasteiger partial charge in [-0.25, -0.2) is 0 Å². The molecule has 2 heterocycles. The summed E-state index contributed by atoms with van der Waals surface area (Å²) in [6.07, 6.45) is 1.79. The largest absolute Gasteiger partial charge is 0.497 e. The van der Waals surface area contributed by atoms with Crippen LogP contribution in [-0.2, 0) is 13.7 Å². The number of thiophene rings is 1. The van der Waals surface area contributed by atoms with Crippen LogP contribution in [0.1, 0.15) is 39.5 Å². The molecular formula is C20H23N3O3S. The van der Waals surface area contributed by atoms with E-state index in [-0.39, 0.29) is 11.9 Å². The van der Waals surface area contributed by atoms with Crippen molar-refractivity contribution < 1.29 is 14.3 Å². The molecule has 1 amide bonds. The van der Waals surface area contributed by atoms with Gasteiger partial charge < -0.3 is 14.8 Å². The number of nitrogens with zero attached hydrogens (tertiary/aromatic N) is 2. The Labute approximate surface area is 162 Å². The zero-order chi connectivity index (χ0) is 19.4. The number of aromatic nitrogens is 2. The molecule has 0 saturated heterocycles. The summed E-state index contributed by atoms with van der Waals surface area (Å²) in [5.41, 5.74) is 3.02. The van der Waals surface area contributed by atoms with Crippen molar-refractivity contribution in [2.24, 2.45) is 7.05 Å². The molecule has 27 heavy (non-hydrogen) atoms. The maximum atomic E-state index is 12.5. The number of nitrogens with one attached hydrogen (secondary N) is 1. The number of aryl methyl sites for hydroxylation is 1. The number of hydrogen-bond acceptors (Lipinski definition) is 5. The molecule has 0 fully saturated rings. The number of amides is 1. The zero-order valence-electron chi connectivity index (χ0n) is 15.9. The van der Waals surface area contributed by atoms with Crippen molar-refractivity contribution in [3.8, 4) is 11.5 Å². The van der Waals surface area contributed by atoms with E-state index in [1.54, 1.807) is 18.0 Å². The van der Waals surface area contributed by atoms with E-state index in [1.807, 2.05) is 56.6 Å². The Balaban J connectivity index is 1.59. The lowest BCUT2D eigenvalue weighted by Crippen LogP contribution is -2.26. The molecule has 142 valence electrons. The van der Waals surface area contributed by atoms with E-state index in [0.29, 0.717) is 11.5 Å². The number of carbonyl (C=O) groups excluding carboxylic acids is 1. The maximum Gasteiger partial charge on any atom is 0.261 e. The molecule has 6 nitrogen and oxygen atoms in total. The molecular weight excluding hydrogens is 362 g/mol. The van der Waals surface area contributed by atoms with E-state index < -0.39 is 0 Å². The number of carbonyl (C=O) groups is 1. The highest BCUT2D eigenvalue weighted by atomic mass is 32.1. The molecule has 0 aliphatic rings. The van der Waals surface area contributed by atoms with E-state index in [9.17, 15) is 4.79 Å². The fourth-order valence-corrected chi connectivity index (χ4v) is 3.51.